The average molecular weight is 412 g/mol. The number of Topliss-reactive ketones (excluding diaryl/α,β-unsaturated/α-hetero) is 1. The van der Waals surface area contributed by atoms with Gasteiger partial charge in [0, 0.05) is 31.0 Å². The minimum atomic E-state index is -0.723. The van der Waals surface area contributed by atoms with Crippen molar-refractivity contribution in [3.8, 4) is 0 Å². The van der Waals surface area contributed by atoms with Crippen LogP contribution >= 0.6 is 0 Å². The first-order chi connectivity index (χ1) is 14.9. The van der Waals surface area contributed by atoms with E-state index in [1.54, 1.807) is 24.3 Å². The number of carbonyl (C=O) groups is 2. The number of carbonyl (C=O) groups excluding carboxylic acids is 2. The lowest BCUT2D eigenvalue weighted by Crippen LogP contribution is -2.29. The summed E-state index contributed by atoms with van der Waals surface area (Å²) in [6.07, 6.45) is 0. The number of hydrogen-bond donors (Lipinski definition) is 1. The average Bonchev–Trinajstić information content (AvgIpc) is 3.05. The van der Waals surface area contributed by atoms with E-state index in [9.17, 15) is 14.7 Å². The number of nitrogens with zero attached hydrogens (tertiary/aromatic N) is 2. The molecule has 1 amide bonds. The molecule has 0 aromatic heterocycles. The second kappa shape index (κ2) is 8.11. The summed E-state index contributed by atoms with van der Waals surface area (Å²) in [4.78, 5) is 29.7. The highest BCUT2D eigenvalue weighted by Crippen LogP contribution is 2.42. The van der Waals surface area contributed by atoms with E-state index in [4.69, 9.17) is 0 Å². The Morgan fingerprint density at radius 3 is 2.06 bits per heavy atom. The third kappa shape index (κ3) is 3.70. The molecule has 1 aliphatic heterocycles. The molecule has 3 aromatic carbocycles. The van der Waals surface area contributed by atoms with Gasteiger partial charge >= 0.3 is 0 Å². The molecule has 0 bridgehead atoms. The van der Waals surface area contributed by atoms with Crippen molar-refractivity contribution in [3.05, 3.63) is 101 Å². The molecule has 5 nitrogen and oxygen atoms in total. The molecule has 0 saturated carbocycles. The SMILES string of the molecule is Cc1ccc(N2C(=O)C(=O)C(=C(O)c3ccccc3)[C@H]2c2ccc(N(C)C)cc2)cc1. The van der Waals surface area contributed by atoms with Crippen LogP contribution in [-0.4, -0.2) is 30.9 Å². The lowest BCUT2D eigenvalue weighted by molar-refractivity contribution is -0.132. The molecule has 1 heterocycles. The number of rotatable bonds is 4. The Hall–Kier alpha value is -3.86. The van der Waals surface area contributed by atoms with Crippen LogP contribution in [0, 0.1) is 6.92 Å². The Balaban J connectivity index is 1.92. The summed E-state index contributed by atoms with van der Waals surface area (Å²) in [5.41, 5.74) is 4.01. The van der Waals surface area contributed by atoms with Gasteiger partial charge in [0.25, 0.3) is 11.7 Å². The number of hydrogen-bond acceptors (Lipinski definition) is 4. The van der Waals surface area contributed by atoms with E-state index >= 15 is 0 Å². The first-order valence-electron chi connectivity index (χ1n) is 10.1. The molecule has 0 spiro atoms. The third-order valence-electron chi connectivity index (χ3n) is 5.53. The molecule has 3 aromatic rings. The minimum absolute atomic E-state index is 0.0920. The van der Waals surface area contributed by atoms with E-state index in [-0.39, 0.29) is 11.3 Å². The van der Waals surface area contributed by atoms with E-state index < -0.39 is 17.7 Å². The van der Waals surface area contributed by atoms with Gasteiger partial charge in [0.2, 0.25) is 0 Å². The summed E-state index contributed by atoms with van der Waals surface area (Å²) in [5.74, 6) is -1.51. The van der Waals surface area contributed by atoms with Gasteiger partial charge in [-0.25, -0.2) is 0 Å². The zero-order valence-electron chi connectivity index (χ0n) is 17.7. The Labute approximate surface area is 181 Å². The number of aryl methyl sites for hydroxylation is 1. The monoisotopic (exact) mass is 412 g/mol. The van der Waals surface area contributed by atoms with Gasteiger partial charge in [0.1, 0.15) is 5.76 Å². The van der Waals surface area contributed by atoms with Crippen LogP contribution in [-0.2, 0) is 9.59 Å². The molecule has 0 radical (unpaired) electrons. The quantitative estimate of drug-likeness (QED) is 0.384. The maximum absolute atomic E-state index is 13.1. The van der Waals surface area contributed by atoms with Crippen LogP contribution in [0.3, 0.4) is 0 Å². The topological polar surface area (TPSA) is 60.9 Å². The van der Waals surface area contributed by atoms with Gasteiger partial charge in [0.05, 0.1) is 11.6 Å². The third-order valence-corrected chi connectivity index (χ3v) is 5.53. The van der Waals surface area contributed by atoms with Crippen molar-refractivity contribution in [2.45, 2.75) is 13.0 Å². The smallest absolute Gasteiger partial charge is 0.300 e. The summed E-state index contributed by atoms with van der Waals surface area (Å²) in [5, 5.41) is 11.1. The van der Waals surface area contributed by atoms with Gasteiger partial charge in [-0.05, 0) is 36.8 Å². The fraction of sp³-hybridized carbons (Fsp3) is 0.154. The Morgan fingerprint density at radius 1 is 0.871 bits per heavy atom. The highest BCUT2D eigenvalue weighted by molar-refractivity contribution is 6.51. The maximum atomic E-state index is 13.1. The van der Waals surface area contributed by atoms with Crippen LogP contribution in [0.15, 0.2) is 84.4 Å². The number of anilines is 2. The van der Waals surface area contributed by atoms with Crippen molar-refractivity contribution < 1.29 is 14.7 Å². The number of benzene rings is 3. The molecule has 0 aliphatic carbocycles. The molecular formula is C26H24N2O3. The van der Waals surface area contributed by atoms with E-state index in [2.05, 4.69) is 0 Å². The van der Waals surface area contributed by atoms with Crippen molar-refractivity contribution in [2.75, 3.05) is 23.9 Å². The molecule has 1 saturated heterocycles. The molecule has 31 heavy (non-hydrogen) atoms. The highest BCUT2D eigenvalue weighted by atomic mass is 16.3. The lowest BCUT2D eigenvalue weighted by Gasteiger charge is -2.26. The fourth-order valence-electron chi connectivity index (χ4n) is 3.83. The van der Waals surface area contributed by atoms with Gasteiger partial charge in [-0.1, -0.05) is 60.2 Å². The largest absolute Gasteiger partial charge is 0.507 e. The van der Waals surface area contributed by atoms with Crippen LogP contribution < -0.4 is 9.80 Å². The van der Waals surface area contributed by atoms with Gasteiger partial charge in [0.15, 0.2) is 0 Å². The van der Waals surface area contributed by atoms with Gasteiger partial charge in [-0.2, -0.15) is 0 Å². The molecule has 1 fully saturated rings. The predicted molar refractivity (Wildman–Crippen MR) is 123 cm³/mol. The Morgan fingerprint density at radius 2 is 1.48 bits per heavy atom. The summed E-state index contributed by atoms with van der Waals surface area (Å²) in [7, 11) is 3.89. The zero-order chi connectivity index (χ0) is 22.1. The molecular weight excluding hydrogens is 388 g/mol. The van der Waals surface area contributed by atoms with E-state index in [0.717, 1.165) is 16.8 Å². The van der Waals surface area contributed by atoms with E-state index in [1.807, 2.05) is 80.5 Å². The number of ketones is 1. The van der Waals surface area contributed by atoms with Gasteiger partial charge in [-0.3, -0.25) is 14.5 Å². The van der Waals surface area contributed by atoms with Crippen LogP contribution in [0.25, 0.3) is 5.76 Å². The minimum Gasteiger partial charge on any atom is -0.507 e. The van der Waals surface area contributed by atoms with Gasteiger partial charge < -0.3 is 10.0 Å². The predicted octanol–water partition coefficient (Wildman–Crippen LogP) is 4.69. The summed E-state index contributed by atoms with van der Waals surface area (Å²) < 4.78 is 0. The highest BCUT2D eigenvalue weighted by Gasteiger charge is 2.46. The van der Waals surface area contributed by atoms with Crippen LogP contribution in [0.5, 0.6) is 0 Å². The second-order valence-corrected chi connectivity index (χ2v) is 7.86. The molecule has 1 aliphatic rings. The number of aliphatic hydroxyl groups is 1. The molecule has 1 N–H and O–H groups in total. The van der Waals surface area contributed by atoms with Crippen molar-refractivity contribution in [1.82, 2.24) is 0 Å². The van der Waals surface area contributed by atoms with Crippen molar-refractivity contribution in [2.24, 2.45) is 0 Å². The molecule has 5 heteroatoms. The number of aliphatic hydroxyl groups excluding tert-OH is 1. The van der Waals surface area contributed by atoms with Crippen LogP contribution in [0.4, 0.5) is 11.4 Å². The number of amides is 1. The van der Waals surface area contributed by atoms with E-state index in [1.165, 1.54) is 4.90 Å². The van der Waals surface area contributed by atoms with Gasteiger partial charge in [-0.15, -0.1) is 0 Å². The normalized spacial score (nSPS) is 17.8. The van der Waals surface area contributed by atoms with Crippen molar-refractivity contribution in [1.29, 1.82) is 0 Å². The zero-order valence-corrected chi connectivity index (χ0v) is 17.7. The fourth-order valence-corrected chi connectivity index (χ4v) is 3.83. The van der Waals surface area contributed by atoms with Crippen LogP contribution in [0.2, 0.25) is 0 Å². The molecule has 4 rings (SSSR count). The summed E-state index contributed by atoms with van der Waals surface area (Å²) in [6.45, 7) is 1.96. The standard InChI is InChI=1S/C26H24N2O3/c1-17-9-13-21(14-10-17)28-23(18-11-15-20(16-12-18)27(2)3)22(25(30)26(28)31)24(29)19-7-5-4-6-8-19/h4-16,23,29H,1-3H3/t23-/m1/s1. The maximum Gasteiger partial charge on any atom is 0.300 e. The Kier molecular flexibility index (Phi) is 5.34. The second-order valence-electron chi connectivity index (χ2n) is 7.86. The van der Waals surface area contributed by atoms with Crippen LogP contribution in [0.1, 0.15) is 22.7 Å². The molecule has 156 valence electrons. The van der Waals surface area contributed by atoms with Crippen molar-refractivity contribution >= 4 is 28.8 Å². The molecule has 1 atom stereocenters. The van der Waals surface area contributed by atoms with E-state index in [0.29, 0.717) is 11.3 Å². The first-order valence-corrected chi connectivity index (χ1v) is 10.1. The lowest BCUT2D eigenvalue weighted by atomic mass is 9.95. The summed E-state index contributed by atoms with van der Waals surface area (Å²) >= 11 is 0. The van der Waals surface area contributed by atoms with Crippen molar-refractivity contribution in [3.63, 3.8) is 0 Å². The summed E-state index contributed by atoms with van der Waals surface area (Å²) in [6, 6.07) is 23.2. The first kappa shape index (κ1) is 20.4. The molecule has 0 unspecified atom stereocenters. The Bertz CT molecular complexity index is 1150.